The second kappa shape index (κ2) is 12.2. The first-order valence-electron chi connectivity index (χ1n) is 13.4. The van der Waals surface area contributed by atoms with Crippen LogP contribution in [0.1, 0.15) is 66.7 Å². The Labute approximate surface area is 227 Å². The van der Waals surface area contributed by atoms with E-state index in [1.54, 1.807) is 0 Å². The first-order chi connectivity index (χ1) is 18.4. The fourth-order valence-electron chi connectivity index (χ4n) is 5.41. The van der Waals surface area contributed by atoms with Gasteiger partial charge in [0.25, 0.3) is 5.91 Å². The number of carbonyl (C=O) groups is 1. The summed E-state index contributed by atoms with van der Waals surface area (Å²) in [5, 5.41) is 13.0. The number of hydrogen-bond acceptors (Lipinski definition) is 5. The number of alkyl halides is 3. The summed E-state index contributed by atoms with van der Waals surface area (Å²) in [6.45, 7) is 7.18. The minimum absolute atomic E-state index is 0.122. The number of allylic oxidation sites excluding steroid dienone is 1. The van der Waals surface area contributed by atoms with E-state index in [1.807, 2.05) is 0 Å². The SMILES string of the molecule is C=C(NC(=O)[C@@H](O)CCS(=O)(=O)c1cccc(C(F)(F)F)c1)[C@@H]1CCCc2cc(CN3CCCCC3)ccc21. The number of carbonyl (C=O) groups excluding carboxylic acids is 1. The van der Waals surface area contributed by atoms with Gasteiger partial charge < -0.3 is 10.4 Å². The molecule has 1 aliphatic carbocycles. The number of benzene rings is 2. The fraction of sp³-hybridized carbons (Fsp3) is 0.483. The quantitative estimate of drug-likeness (QED) is 0.450. The van der Waals surface area contributed by atoms with Gasteiger partial charge in [0, 0.05) is 18.2 Å². The molecule has 0 bridgehead atoms. The van der Waals surface area contributed by atoms with Crippen LogP contribution in [-0.4, -0.2) is 49.3 Å². The van der Waals surface area contributed by atoms with Crippen LogP contribution in [0.3, 0.4) is 0 Å². The van der Waals surface area contributed by atoms with E-state index in [9.17, 15) is 31.5 Å². The molecule has 2 aliphatic rings. The number of fused-ring (bicyclic) bond motifs is 1. The van der Waals surface area contributed by atoms with Gasteiger partial charge >= 0.3 is 6.18 Å². The number of likely N-dealkylation sites (tertiary alicyclic amines) is 1. The van der Waals surface area contributed by atoms with Gasteiger partial charge in [0.05, 0.1) is 16.2 Å². The molecule has 0 radical (unpaired) electrons. The summed E-state index contributed by atoms with van der Waals surface area (Å²) in [6, 6.07) is 9.87. The lowest BCUT2D eigenvalue weighted by molar-refractivity contribution is -0.137. The number of halogens is 3. The Morgan fingerprint density at radius 1 is 1.10 bits per heavy atom. The Kier molecular flexibility index (Phi) is 9.18. The van der Waals surface area contributed by atoms with Crippen molar-refractivity contribution >= 4 is 15.7 Å². The predicted molar refractivity (Wildman–Crippen MR) is 143 cm³/mol. The molecule has 212 valence electrons. The molecule has 1 fully saturated rings. The monoisotopic (exact) mass is 564 g/mol. The van der Waals surface area contributed by atoms with E-state index in [4.69, 9.17) is 0 Å². The number of aryl methyl sites for hydroxylation is 1. The molecule has 0 saturated carbocycles. The van der Waals surface area contributed by atoms with Crippen molar-refractivity contribution < 1.29 is 31.5 Å². The Morgan fingerprint density at radius 2 is 1.85 bits per heavy atom. The Hall–Kier alpha value is -2.69. The molecular formula is C29H35F3N2O4S. The van der Waals surface area contributed by atoms with Gasteiger partial charge in [-0.05, 0) is 86.5 Å². The highest BCUT2D eigenvalue weighted by molar-refractivity contribution is 7.91. The van der Waals surface area contributed by atoms with E-state index in [0.29, 0.717) is 11.8 Å². The maximum absolute atomic E-state index is 13.0. The van der Waals surface area contributed by atoms with Gasteiger partial charge in [0.2, 0.25) is 0 Å². The highest BCUT2D eigenvalue weighted by atomic mass is 32.2. The van der Waals surface area contributed by atoms with Crippen LogP contribution in [-0.2, 0) is 33.8 Å². The second-order valence-corrected chi connectivity index (χ2v) is 12.6. The smallest absolute Gasteiger partial charge is 0.383 e. The molecule has 0 aromatic heterocycles. The molecule has 2 aromatic carbocycles. The molecule has 1 heterocycles. The van der Waals surface area contributed by atoms with Gasteiger partial charge in [0.15, 0.2) is 9.84 Å². The minimum atomic E-state index is -4.68. The Balaban J connectivity index is 1.34. The summed E-state index contributed by atoms with van der Waals surface area (Å²) in [5.41, 5.74) is 2.94. The molecule has 1 amide bonds. The number of amides is 1. The van der Waals surface area contributed by atoms with Crippen LogP contribution in [0.4, 0.5) is 13.2 Å². The van der Waals surface area contributed by atoms with Crippen LogP contribution in [0, 0.1) is 0 Å². The number of hydrogen-bond donors (Lipinski definition) is 2. The van der Waals surface area contributed by atoms with E-state index in [-0.39, 0.29) is 5.92 Å². The number of nitrogens with zero attached hydrogens (tertiary/aromatic N) is 1. The zero-order valence-corrected chi connectivity index (χ0v) is 22.7. The van der Waals surface area contributed by atoms with Crippen molar-refractivity contribution in [2.45, 2.75) is 74.6 Å². The topological polar surface area (TPSA) is 86.7 Å². The van der Waals surface area contributed by atoms with E-state index in [0.717, 1.165) is 62.7 Å². The number of rotatable bonds is 9. The van der Waals surface area contributed by atoms with Gasteiger partial charge in [-0.3, -0.25) is 9.69 Å². The molecule has 2 atom stereocenters. The number of sulfone groups is 1. The standard InChI is InChI=1S/C29H35F3N2O4S/c1-20(25-10-5-7-22-17-21(11-12-26(22)25)19-34-14-3-2-4-15-34)33-28(36)27(35)13-16-39(37,38)24-9-6-8-23(18-24)29(30,31)32/h6,8-9,11-12,17-18,25,27,35H,1-5,7,10,13-16,19H2,(H,33,36)/t25-,27-/m0/s1. The molecule has 0 unspecified atom stereocenters. The van der Waals surface area contributed by atoms with Crippen LogP contribution < -0.4 is 5.32 Å². The highest BCUT2D eigenvalue weighted by Crippen LogP contribution is 2.36. The summed E-state index contributed by atoms with van der Waals surface area (Å²) in [5.74, 6) is -1.59. The first kappa shape index (κ1) is 29.3. The van der Waals surface area contributed by atoms with Crippen LogP contribution in [0.2, 0.25) is 0 Å². The average molecular weight is 565 g/mol. The van der Waals surface area contributed by atoms with Crippen molar-refractivity contribution in [2.75, 3.05) is 18.8 Å². The van der Waals surface area contributed by atoms with E-state index < -0.39 is 50.7 Å². The van der Waals surface area contributed by atoms with Crippen molar-refractivity contribution in [2.24, 2.45) is 0 Å². The summed E-state index contributed by atoms with van der Waals surface area (Å²) in [7, 11) is -4.14. The molecule has 2 N–H and O–H groups in total. The van der Waals surface area contributed by atoms with Crippen molar-refractivity contribution in [3.05, 3.63) is 77.0 Å². The van der Waals surface area contributed by atoms with Gasteiger partial charge in [-0.25, -0.2) is 8.42 Å². The maximum atomic E-state index is 13.0. The predicted octanol–water partition coefficient (Wildman–Crippen LogP) is 4.97. The van der Waals surface area contributed by atoms with E-state index in [2.05, 4.69) is 35.0 Å². The third-order valence-electron chi connectivity index (χ3n) is 7.56. The summed E-state index contributed by atoms with van der Waals surface area (Å²) in [6.07, 6.45) is -0.387. The van der Waals surface area contributed by atoms with Gasteiger partial charge in [0.1, 0.15) is 6.10 Å². The van der Waals surface area contributed by atoms with Crippen LogP contribution >= 0.6 is 0 Å². The summed E-state index contributed by atoms with van der Waals surface area (Å²) >= 11 is 0. The maximum Gasteiger partial charge on any atom is 0.416 e. The van der Waals surface area contributed by atoms with Gasteiger partial charge in [-0.1, -0.05) is 37.3 Å². The van der Waals surface area contributed by atoms with Crippen molar-refractivity contribution in [3.8, 4) is 0 Å². The lowest BCUT2D eigenvalue weighted by Crippen LogP contribution is -2.37. The highest BCUT2D eigenvalue weighted by Gasteiger charge is 2.32. The molecule has 10 heteroatoms. The number of nitrogens with one attached hydrogen (secondary N) is 1. The molecule has 4 rings (SSSR count). The Morgan fingerprint density at radius 3 is 2.56 bits per heavy atom. The molecule has 1 aliphatic heterocycles. The van der Waals surface area contributed by atoms with Crippen molar-refractivity contribution in [3.63, 3.8) is 0 Å². The average Bonchev–Trinajstić information content (AvgIpc) is 2.91. The van der Waals surface area contributed by atoms with Crippen molar-refractivity contribution in [1.82, 2.24) is 10.2 Å². The fourth-order valence-corrected chi connectivity index (χ4v) is 6.78. The van der Waals surface area contributed by atoms with Crippen LogP contribution in [0.25, 0.3) is 0 Å². The summed E-state index contributed by atoms with van der Waals surface area (Å²) < 4.78 is 64.0. The normalized spacial score (nSPS) is 19.2. The lowest BCUT2D eigenvalue weighted by Gasteiger charge is -2.30. The zero-order valence-electron chi connectivity index (χ0n) is 21.8. The minimum Gasteiger partial charge on any atom is -0.383 e. The third-order valence-corrected chi connectivity index (χ3v) is 9.31. The first-order valence-corrected chi connectivity index (χ1v) is 15.0. The van der Waals surface area contributed by atoms with E-state index in [1.165, 1.54) is 30.4 Å². The number of aliphatic hydroxyl groups is 1. The van der Waals surface area contributed by atoms with Gasteiger partial charge in [-0.15, -0.1) is 0 Å². The number of aliphatic hydroxyl groups excluding tert-OH is 1. The number of piperidine rings is 1. The van der Waals surface area contributed by atoms with E-state index >= 15 is 0 Å². The second-order valence-electron chi connectivity index (χ2n) is 10.5. The van der Waals surface area contributed by atoms with Gasteiger partial charge in [-0.2, -0.15) is 13.2 Å². The molecule has 6 nitrogen and oxygen atoms in total. The van der Waals surface area contributed by atoms with Crippen LogP contribution in [0.15, 0.2) is 59.6 Å². The molecular weight excluding hydrogens is 529 g/mol. The summed E-state index contributed by atoms with van der Waals surface area (Å²) in [4.78, 5) is 14.6. The molecule has 39 heavy (non-hydrogen) atoms. The molecule has 1 saturated heterocycles. The lowest BCUT2D eigenvalue weighted by atomic mass is 9.80. The zero-order chi connectivity index (χ0) is 28.2. The largest absolute Gasteiger partial charge is 0.416 e. The van der Waals surface area contributed by atoms with Crippen molar-refractivity contribution in [1.29, 1.82) is 0 Å². The third kappa shape index (κ3) is 7.49. The Bertz CT molecular complexity index is 1300. The molecule has 2 aromatic rings. The van der Waals surface area contributed by atoms with Crippen LogP contribution in [0.5, 0.6) is 0 Å². The molecule has 0 spiro atoms.